The molecule has 0 bridgehead atoms. The van der Waals surface area contributed by atoms with E-state index in [9.17, 15) is 4.79 Å². The second-order valence-electron chi connectivity index (χ2n) is 6.80. The van der Waals surface area contributed by atoms with Gasteiger partial charge in [-0.25, -0.2) is 0 Å². The SMILES string of the molecule is O=C(NCCn1c(C2CC2)n[nH]c1=S)[C@@H]1C[C@H]1C1CCC1. The van der Waals surface area contributed by atoms with E-state index in [0.717, 1.165) is 24.7 Å². The van der Waals surface area contributed by atoms with Gasteiger partial charge in [0, 0.05) is 24.9 Å². The monoisotopic (exact) mass is 306 g/mol. The molecule has 3 fully saturated rings. The van der Waals surface area contributed by atoms with E-state index < -0.39 is 0 Å². The number of carbonyl (C=O) groups is 1. The molecule has 3 saturated carbocycles. The topological polar surface area (TPSA) is 62.7 Å². The minimum Gasteiger partial charge on any atom is -0.354 e. The lowest BCUT2D eigenvalue weighted by Crippen LogP contribution is -2.30. The predicted octanol–water partition coefficient (Wildman–Crippen LogP) is 2.37. The number of carbonyl (C=O) groups excluding carboxylic acids is 1. The van der Waals surface area contributed by atoms with E-state index in [2.05, 4.69) is 15.5 Å². The van der Waals surface area contributed by atoms with Gasteiger partial charge in [0.2, 0.25) is 5.91 Å². The maximum absolute atomic E-state index is 12.1. The fourth-order valence-corrected chi connectivity index (χ4v) is 3.76. The average molecular weight is 306 g/mol. The van der Waals surface area contributed by atoms with Crippen LogP contribution < -0.4 is 5.32 Å². The van der Waals surface area contributed by atoms with Crippen LogP contribution in [0.4, 0.5) is 0 Å². The summed E-state index contributed by atoms with van der Waals surface area (Å²) < 4.78 is 2.72. The van der Waals surface area contributed by atoms with E-state index in [-0.39, 0.29) is 11.8 Å². The standard InChI is InChI=1S/C15H22N4OS/c20-14(12-8-11(12)9-2-1-3-9)16-6-7-19-13(10-4-5-10)17-18-15(19)21/h9-12H,1-8H2,(H,16,20)(H,18,21)/t11-,12+/m0/s1. The lowest BCUT2D eigenvalue weighted by atomic mass is 9.81. The van der Waals surface area contributed by atoms with E-state index in [1.165, 1.54) is 32.1 Å². The molecule has 21 heavy (non-hydrogen) atoms. The molecule has 2 atom stereocenters. The Bertz CT molecular complexity index is 599. The molecule has 1 aromatic rings. The number of H-pyrrole nitrogens is 1. The summed E-state index contributed by atoms with van der Waals surface area (Å²) in [5, 5.41) is 10.3. The van der Waals surface area contributed by atoms with Gasteiger partial charge in [0.05, 0.1) is 0 Å². The molecule has 1 amide bonds. The second-order valence-corrected chi connectivity index (χ2v) is 7.19. The van der Waals surface area contributed by atoms with Crippen molar-refractivity contribution in [2.24, 2.45) is 17.8 Å². The van der Waals surface area contributed by atoms with E-state index >= 15 is 0 Å². The zero-order valence-electron chi connectivity index (χ0n) is 12.2. The summed E-state index contributed by atoms with van der Waals surface area (Å²) >= 11 is 5.27. The highest BCUT2D eigenvalue weighted by molar-refractivity contribution is 7.71. The molecule has 0 radical (unpaired) electrons. The van der Waals surface area contributed by atoms with Gasteiger partial charge < -0.3 is 9.88 Å². The Balaban J connectivity index is 1.27. The van der Waals surface area contributed by atoms with Gasteiger partial charge >= 0.3 is 0 Å². The fourth-order valence-electron chi connectivity index (χ4n) is 3.53. The van der Waals surface area contributed by atoms with Crippen LogP contribution in [0.1, 0.15) is 50.3 Å². The van der Waals surface area contributed by atoms with Crippen LogP contribution in [0.5, 0.6) is 0 Å². The quantitative estimate of drug-likeness (QED) is 0.793. The zero-order valence-corrected chi connectivity index (χ0v) is 13.0. The molecule has 0 unspecified atom stereocenters. The normalized spacial score (nSPS) is 28.2. The largest absolute Gasteiger partial charge is 0.354 e. The third-order valence-corrected chi connectivity index (χ3v) is 5.61. The van der Waals surface area contributed by atoms with Gasteiger partial charge in [-0.3, -0.25) is 9.89 Å². The van der Waals surface area contributed by atoms with E-state index in [4.69, 9.17) is 12.2 Å². The summed E-state index contributed by atoms with van der Waals surface area (Å²) in [4.78, 5) is 12.1. The molecule has 3 aliphatic rings. The number of rotatable bonds is 6. The molecular weight excluding hydrogens is 284 g/mol. The molecule has 6 heteroatoms. The number of hydrogen-bond donors (Lipinski definition) is 2. The second kappa shape index (κ2) is 5.23. The molecule has 4 rings (SSSR count). The summed E-state index contributed by atoms with van der Waals surface area (Å²) in [6.45, 7) is 1.38. The number of aromatic nitrogens is 3. The Kier molecular flexibility index (Phi) is 3.36. The summed E-state index contributed by atoms with van der Waals surface area (Å²) in [5.41, 5.74) is 0. The predicted molar refractivity (Wildman–Crippen MR) is 81.3 cm³/mol. The minimum absolute atomic E-state index is 0.245. The molecule has 0 aliphatic heterocycles. The zero-order chi connectivity index (χ0) is 14.4. The van der Waals surface area contributed by atoms with Crippen molar-refractivity contribution in [2.45, 2.75) is 51.0 Å². The summed E-state index contributed by atoms with van der Waals surface area (Å²) in [6.07, 6.45) is 7.55. The van der Waals surface area contributed by atoms with Crippen molar-refractivity contribution in [1.29, 1.82) is 0 Å². The number of aromatic amines is 1. The lowest BCUT2D eigenvalue weighted by molar-refractivity contribution is -0.122. The van der Waals surface area contributed by atoms with Crippen molar-refractivity contribution >= 4 is 18.1 Å². The highest BCUT2D eigenvalue weighted by Crippen LogP contribution is 2.51. The molecule has 1 aromatic heterocycles. The molecular formula is C15H22N4OS. The Morgan fingerprint density at radius 3 is 2.86 bits per heavy atom. The maximum atomic E-state index is 12.1. The number of hydrogen-bond acceptors (Lipinski definition) is 3. The fraction of sp³-hybridized carbons (Fsp3) is 0.800. The molecule has 0 spiro atoms. The van der Waals surface area contributed by atoms with E-state index in [1.54, 1.807) is 0 Å². The number of nitrogens with one attached hydrogen (secondary N) is 2. The first-order valence-electron chi connectivity index (χ1n) is 8.17. The highest BCUT2D eigenvalue weighted by atomic mass is 32.1. The van der Waals surface area contributed by atoms with Crippen molar-refractivity contribution in [3.8, 4) is 0 Å². The average Bonchev–Trinajstić information content (AvgIpc) is 3.29. The molecule has 0 saturated heterocycles. The first-order valence-corrected chi connectivity index (χ1v) is 8.57. The van der Waals surface area contributed by atoms with Crippen molar-refractivity contribution in [3.63, 3.8) is 0 Å². The maximum Gasteiger partial charge on any atom is 0.223 e. The van der Waals surface area contributed by atoms with Crippen LogP contribution in [0.2, 0.25) is 0 Å². The lowest BCUT2D eigenvalue weighted by Gasteiger charge is -2.25. The third-order valence-electron chi connectivity index (χ3n) is 5.30. The molecule has 114 valence electrons. The summed E-state index contributed by atoms with van der Waals surface area (Å²) in [5.74, 6) is 3.68. The van der Waals surface area contributed by atoms with Crippen LogP contribution in [0, 0.1) is 22.5 Å². The minimum atomic E-state index is 0.245. The van der Waals surface area contributed by atoms with Crippen LogP contribution in [0.15, 0.2) is 0 Å². The van der Waals surface area contributed by atoms with Crippen LogP contribution in [-0.2, 0) is 11.3 Å². The summed E-state index contributed by atoms with van der Waals surface area (Å²) in [7, 11) is 0. The molecule has 0 aromatic carbocycles. The van der Waals surface area contributed by atoms with E-state index in [0.29, 0.717) is 23.2 Å². The van der Waals surface area contributed by atoms with Gasteiger partial charge in [-0.1, -0.05) is 19.3 Å². The van der Waals surface area contributed by atoms with Gasteiger partial charge in [-0.2, -0.15) is 5.10 Å². The van der Waals surface area contributed by atoms with Crippen molar-refractivity contribution in [1.82, 2.24) is 20.1 Å². The molecule has 5 nitrogen and oxygen atoms in total. The smallest absolute Gasteiger partial charge is 0.223 e. The Morgan fingerprint density at radius 1 is 1.38 bits per heavy atom. The van der Waals surface area contributed by atoms with E-state index in [1.807, 2.05) is 4.57 Å². The van der Waals surface area contributed by atoms with Crippen molar-refractivity contribution < 1.29 is 4.79 Å². The van der Waals surface area contributed by atoms with Gasteiger partial charge in [0.25, 0.3) is 0 Å². The Hall–Kier alpha value is -1.17. The Morgan fingerprint density at radius 2 is 2.19 bits per heavy atom. The van der Waals surface area contributed by atoms with Crippen LogP contribution in [0.25, 0.3) is 0 Å². The first kappa shape index (κ1) is 13.5. The van der Waals surface area contributed by atoms with Crippen LogP contribution >= 0.6 is 12.2 Å². The molecule has 1 heterocycles. The third kappa shape index (κ3) is 2.65. The first-order chi connectivity index (χ1) is 10.2. The van der Waals surface area contributed by atoms with Gasteiger partial charge in [-0.15, -0.1) is 0 Å². The van der Waals surface area contributed by atoms with Gasteiger partial charge in [-0.05, 0) is 43.3 Å². The van der Waals surface area contributed by atoms with Crippen molar-refractivity contribution in [2.75, 3.05) is 6.54 Å². The number of amides is 1. The van der Waals surface area contributed by atoms with Gasteiger partial charge in [0.1, 0.15) is 5.82 Å². The van der Waals surface area contributed by atoms with Crippen LogP contribution in [-0.4, -0.2) is 27.2 Å². The van der Waals surface area contributed by atoms with Crippen LogP contribution in [0.3, 0.4) is 0 Å². The van der Waals surface area contributed by atoms with Gasteiger partial charge in [0.15, 0.2) is 4.77 Å². The highest BCUT2D eigenvalue weighted by Gasteiger charge is 2.48. The summed E-state index contributed by atoms with van der Waals surface area (Å²) in [6, 6.07) is 0. The molecule has 2 N–H and O–H groups in total. The Labute approximate surface area is 129 Å². The number of nitrogens with zero attached hydrogens (tertiary/aromatic N) is 2. The molecule has 3 aliphatic carbocycles. The van der Waals surface area contributed by atoms with Crippen molar-refractivity contribution in [3.05, 3.63) is 10.6 Å².